The summed E-state index contributed by atoms with van der Waals surface area (Å²) >= 11 is 0. The maximum atomic E-state index is 13.8. The van der Waals surface area contributed by atoms with Crippen LogP contribution < -0.4 is 15.2 Å². The minimum absolute atomic E-state index is 0.0558. The summed E-state index contributed by atoms with van der Waals surface area (Å²) in [4.78, 5) is 28.4. The van der Waals surface area contributed by atoms with Crippen LogP contribution in [0.3, 0.4) is 0 Å². The molecule has 0 amide bonds. The van der Waals surface area contributed by atoms with E-state index in [4.69, 9.17) is 9.47 Å². The molecular formula is C24H31F3N4O4. The maximum Gasteiger partial charge on any atom is 0.421 e. The van der Waals surface area contributed by atoms with E-state index in [-0.39, 0.29) is 43.4 Å². The van der Waals surface area contributed by atoms with Crippen molar-refractivity contribution < 1.29 is 27.4 Å². The Hall–Kier alpha value is -3.08. The maximum absolute atomic E-state index is 13.8. The Kier molecular flexibility index (Phi) is 8.42. The number of aromatic nitrogens is 2. The first-order chi connectivity index (χ1) is 16.5. The molecule has 3 rings (SSSR count). The van der Waals surface area contributed by atoms with Gasteiger partial charge in [-0.05, 0) is 51.6 Å². The Morgan fingerprint density at radius 1 is 1.23 bits per heavy atom. The summed E-state index contributed by atoms with van der Waals surface area (Å²) in [6.07, 6.45) is -3.64. The summed E-state index contributed by atoms with van der Waals surface area (Å²) < 4.78 is 52.5. The van der Waals surface area contributed by atoms with Gasteiger partial charge in [0.2, 0.25) is 0 Å². The van der Waals surface area contributed by atoms with Gasteiger partial charge < -0.3 is 19.3 Å². The smallest absolute Gasteiger partial charge is 0.421 e. The summed E-state index contributed by atoms with van der Waals surface area (Å²) in [5.74, 6) is 0.299. The van der Waals surface area contributed by atoms with Gasteiger partial charge in [-0.1, -0.05) is 12.1 Å². The molecule has 0 saturated carbocycles. The van der Waals surface area contributed by atoms with Crippen LogP contribution in [0.2, 0.25) is 0 Å². The van der Waals surface area contributed by atoms with Crippen molar-refractivity contribution in [2.75, 3.05) is 39.3 Å². The van der Waals surface area contributed by atoms with Crippen LogP contribution in [-0.4, -0.2) is 67.1 Å². The number of halogens is 3. The van der Waals surface area contributed by atoms with Gasteiger partial charge in [0.15, 0.2) is 0 Å². The van der Waals surface area contributed by atoms with E-state index < -0.39 is 17.3 Å². The number of benzene rings is 1. The number of likely N-dealkylation sites (N-methyl/N-ethyl adjacent to an activating group) is 1. The summed E-state index contributed by atoms with van der Waals surface area (Å²) in [5, 5.41) is 4.34. The summed E-state index contributed by atoms with van der Waals surface area (Å²) in [6.45, 7) is 2.28. The lowest BCUT2D eigenvalue weighted by Crippen LogP contribution is -2.37. The molecule has 2 heterocycles. The molecule has 0 N–H and O–H groups in total. The summed E-state index contributed by atoms with van der Waals surface area (Å²) in [6, 6.07) is 7.33. The number of hydrogen-bond donors (Lipinski definition) is 0. The van der Waals surface area contributed by atoms with Crippen LogP contribution in [0.25, 0.3) is 0 Å². The fraction of sp³-hybridized carbons (Fsp3) is 0.542. The highest BCUT2D eigenvalue weighted by Crippen LogP contribution is 2.33. The number of methoxy groups -OCH3 is 1. The predicted molar refractivity (Wildman–Crippen MR) is 125 cm³/mol. The third-order valence-electron chi connectivity index (χ3n) is 6.16. The Morgan fingerprint density at radius 2 is 1.91 bits per heavy atom. The van der Waals surface area contributed by atoms with Crippen LogP contribution in [0.15, 0.2) is 35.1 Å². The van der Waals surface area contributed by atoms with E-state index in [1.54, 1.807) is 36.1 Å². The van der Waals surface area contributed by atoms with Crippen LogP contribution in [0.1, 0.15) is 37.3 Å². The molecule has 0 aliphatic carbocycles. The molecule has 8 nitrogen and oxygen atoms in total. The van der Waals surface area contributed by atoms with E-state index in [9.17, 15) is 22.8 Å². The van der Waals surface area contributed by atoms with Crippen molar-refractivity contribution in [3.63, 3.8) is 0 Å². The van der Waals surface area contributed by atoms with Gasteiger partial charge in [-0.3, -0.25) is 9.59 Å². The lowest BCUT2D eigenvalue weighted by molar-refractivity contribution is -0.143. The van der Waals surface area contributed by atoms with E-state index in [1.165, 1.54) is 7.11 Å². The fourth-order valence-corrected chi connectivity index (χ4v) is 4.22. The lowest BCUT2D eigenvalue weighted by atomic mass is 10.1. The van der Waals surface area contributed by atoms with E-state index >= 15 is 0 Å². The molecule has 0 bridgehead atoms. The standard InChI is InChI=1S/C24H31F3N4O4/c1-5-35-22(32)11-8-17-12-18(29(2)3)15-30(17)21-13-20(24(25,26)27)23(33)31(28-21)14-16-6-9-19(34-4)10-7-16/h6-7,9-10,13,17-18H,5,8,11-12,14-15H2,1-4H3/t17-,18+/m1/s1. The highest BCUT2D eigenvalue weighted by atomic mass is 19.4. The van der Waals surface area contributed by atoms with Crippen LogP contribution in [0.5, 0.6) is 5.75 Å². The van der Waals surface area contributed by atoms with Gasteiger partial charge >= 0.3 is 12.1 Å². The number of carbonyl (C=O) groups excluding carboxylic acids is 1. The SMILES string of the molecule is CCOC(=O)CC[C@@H]1C[C@H](N(C)C)CN1c1cc(C(F)(F)F)c(=O)n(Cc2ccc(OC)cc2)n1. The molecular weight excluding hydrogens is 465 g/mol. The molecule has 1 fully saturated rings. The molecule has 1 aliphatic rings. The van der Waals surface area contributed by atoms with Crippen LogP contribution in [0.4, 0.5) is 19.0 Å². The van der Waals surface area contributed by atoms with Gasteiger partial charge in [-0.15, -0.1) is 0 Å². The number of ether oxygens (including phenoxy) is 2. The average molecular weight is 497 g/mol. The number of alkyl halides is 3. The van der Waals surface area contributed by atoms with Crippen molar-refractivity contribution in [3.8, 4) is 5.75 Å². The molecule has 192 valence electrons. The van der Waals surface area contributed by atoms with E-state index in [1.807, 2.05) is 19.0 Å². The normalized spacial score (nSPS) is 18.2. The molecule has 2 aromatic rings. The number of anilines is 1. The Labute approximate surface area is 202 Å². The largest absolute Gasteiger partial charge is 0.497 e. The molecule has 0 spiro atoms. The minimum Gasteiger partial charge on any atom is -0.497 e. The molecule has 1 aromatic heterocycles. The van der Waals surface area contributed by atoms with Crippen molar-refractivity contribution in [1.82, 2.24) is 14.7 Å². The first-order valence-electron chi connectivity index (χ1n) is 11.4. The first-order valence-corrected chi connectivity index (χ1v) is 11.4. The quantitative estimate of drug-likeness (QED) is 0.494. The van der Waals surface area contributed by atoms with Gasteiger partial charge in [-0.25, -0.2) is 4.68 Å². The van der Waals surface area contributed by atoms with E-state index in [0.29, 0.717) is 30.7 Å². The lowest BCUT2D eigenvalue weighted by Gasteiger charge is -2.27. The van der Waals surface area contributed by atoms with Gasteiger partial charge in [0.1, 0.15) is 17.1 Å². The molecule has 1 aliphatic heterocycles. The van der Waals surface area contributed by atoms with Crippen molar-refractivity contribution >= 4 is 11.8 Å². The Bertz CT molecular complexity index is 1070. The van der Waals surface area contributed by atoms with Crippen molar-refractivity contribution in [2.45, 2.75) is 51.0 Å². The average Bonchev–Trinajstić information content (AvgIpc) is 3.23. The van der Waals surface area contributed by atoms with Crippen LogP contribution in [0, 0.1) is 0 Å². The Balaban J connectivity index is 1.98. The third kappa shape index (κ3) is 6.53. The van der Waals surface area contributed by atoms with Crippen molar-refractivity contribution in [3.05, 3.63) is 51.8 Å². The van der Waals surface area contributed by atoms with Gasteiger partial charge in [0, 0.05) is 31.1 Å². The molecule has 0 radical (unpaired) electrons. The molecule has 35 heavy (non-hydrogen) atoms. The monoisotopic (exact) mass is 496 g/mol. The van der Waals surface area contributed by atoms with E-state index in [2.05, 4.69) is 5.10 Å². The summed E-state index contributed by atoms with van der Waals surface area (Å²) in [7, 11) is 5.31. The van der Waals surface area contributed by atoms with Crippen molar-refractivity contribution in [2.24, 2.45) is 0 Å². The number of hydrogen-bond acceptors (Lipinski definition) is 7. The topological polar surface area (TPSA) is 76.9 Å². The second-order valence-electron chi connectivity index (χ2n) is 8.73. The molecule has 2 atom stereocenters. The highest BCUT2D eigenvalue weighted by Gasteiger charge is 2.39. The minimum atomic E-state index is -4.84. The second-order valence-corrected chi connectivity index (χ2v) is 8.73. The number of rotatable bonds is 9. The Morgan fingerprint density at radius 3 is 2.49 bits per heavy atom. The van der Waals surface area contributed by atoms with Gasteiger partial charge in [0.05, 0.1) is 20.3 Å². The summed E-state index contributed by atoms with van der Waals surface area (Å²) in [5.41, 5.74) is -1.87. The predicted octanol–water partition coefficient (Wildman–Crippen LogP) is 3.17. The fourth-order valence-electron chi connectivity index (χ4n) is 4.22. The molecule has 11 heteroatoms. The molecule has 0 unspecified atom stereocenters. The zero-order chi connectivity index (χ0) is 25.8. The van der Waals surface area contributed by atoms with Crippen molar-refractivity contribution in [1.29, 1.82) is 0 Å². The zero-order valence-corrected chi connectivity index (χ0v) is 20.3. The first kappa shape index (κ1) is 26.5. The molecule has 1 aromatic carbocycles. The molecule has 1 saturated heterocycles. The highest BCUT2D eigenvalue weighted by molar-refractivity contribution is 5.69. The van der Waals surface area contributed by atoms with Crippen LogP contribution in [-0.2, 0) is 22.3 Å². The number of esters is 1. The van der Waals surface area contributed by atoms with Crippen LogP contribution >= 0.6 is 0 Å². The third-order valence-corrected chi connectivity index (χ3v) is 6.16. The van der Waals surface area contributed by atoms with E-state index in [0.717, 1.165) is 10.7 Å². The number of carbonyl (C=O) groups is 1. The zero-order valence-electron chi connectivity index (χ0n) is 20.3. The second kappa shape index (κ2) is 11.1. The van der Waals surface area contributed by atoms with Gasteiger partial charge in [-0.2, -0.15) is 18.3 Å². The van der Waals surface area contributed by atoms with Gasteiger partial charge in [0.25, 0.3) is 5.56 Å². The number of nitrogens with zero attached hydrogens (tertiary/aromatic N) is 4.